The zero-order chi connectivity index (χ0) is 40.1. The average Bonchev–Trinajstić information content (AvgIpc) is 3.32. The molecule has 61 heavy (non-hydrogen) atoms. The van der Waals surface area contributed by atoms with Crippen molar-refractivity contribution in [3.63, 3.8) is 0 Å². The van der Waals surface area contributed by atoms with E-state index < -0.39 is 0 Å². The fraction of sp³-hybridized carbons (Fsp3) is 0. The van der Waals surface area contributed by atoms with Crippen molar-refractivity contribution >= 4 is 64.6 Å². The molecule has 0 spiro atoms. The standard InChI is InChI=1S/2C19H13N.C19H12N.Ir/c3*1-2-6-14(7-3-1)19-12-17-10-15-8-4-5-9-16(15)11-18(17)13-20-19;/h2*1-13H;1-6,8-13H;/q;;-1;/p+2. The summed E-state index contributed by atoms with van der Waals surface area (Å²) < 4.78 is 0. The van der Waals surface area contributed by atoms with Crippen LogP contribution in [0.3, 0.4) is 0 Å². The van der Waals surface area contributed by atoms with Crippen LogP contribution in [-0.4, -0.2) is 4.98 Å². The molecular weight excluding hydrogens is 919 g/mol. The maximum Gasteiger partial charge on any atom is 0.211 e. The summed E-state index contributed by atoms with van der Waals surface area (Å²) in [5.74, 6) is 0. The van der Waals surface area contributed by atoms with E-state index in [0.717, 1.165) is 22.6 Å². The van der Waals surface area contributed by atoms with Crippen molar-refractivity contribution in [1.82, 2.24) is 4.98 Å². The van der Waals surface area contributed by atoms with Crippen LogP contribution in [0.15, 0.2) is 231 Å². The molecule has 2 N–H and O–H groups in total. The maximum atomic E-state index is 4.55. The molecule has 3 nitrogen and oxygen atoms in total. The molecule has 0 aliphatic rings. The first-order chi connectivity index (χ1) is 29.7. The number of pyridine rings is 3. The third-order valence-electron chi connectivity index (χ3n) is 11.0. The SMILES string of the molecule is [Ir].[c-]1ccccc1-c1cc2cc3ccccc3cc2cn1.c1ccc(-c2cc3cc4ccccc4cc3c[nH+]2)cc1.c1ccc(-c2cc3cc4ccccc4cc3c[nH+]2)cc1. The molecule has 3 heterocycles. The Morgan fingerprint density at radius 3 is 1.13 bits per heavy atom. The van der Waals surface area contributed by atoms with Crippen molar-refractivity contribution in [1.29, 1.82) is 0 Å². The third-order valence-corrected chi connectivity index (χ3v) is 11.0. The van der Waals surface area contributed by atoms with Gasteiger partial charge in [-0.1, -0.05) is 115 Å². The Kier molecular flexibility index (Phi) is 11.5. The molecule has 0 saturated heterocycles. The van der Waals surface area contributed by atoms with E-state index in [1.165, 1.54) is 75.8 Å². The van der Waals surface area contributed by atoms with Crippen LogP contribution in [0.5, 0.6) is 0 Å². The molecule has 291 valence electrons. The first kappa shape index (κ1) is 39.1. The minimum atomic E-state index is 0. The van der Waals surface area contributed by atoms with Gasteiger partial charge in [-0.2, -0.15) is 0 Å². The van der Waals surface area contributed by atoms with Gasteiger partial charge in [0.1, 0.15) is 0 Å². The van der Waals surface area contributed by atoms with Crippen molar-refractivity contribution in [3.8, 4) is 33.8 Å². The predicted octanol–water partition coefficient (Wildman–Crippen LogP) is 13.8. The van der Waals surface area contributed by atoms with Gasteiger partial charge in [0.25, 0.3) is 0 Å². The number of aromatic nitrogens is 3. The zero-order valence-corrected chi connectivity index (χ0v) is 35.6. The molecule has 0 amide bonds. The van der Waals surface area contributed by atoms with Gasteiger partial charge in [-0.15, -0.1) is 35.9 Å². The van der Waals surface area contributed by atoms with Crippen LogP contribution in [0.1, 0.15) is 0 Å². The fourth-order valence-electron chi connectivity index (χ4n) is 7.86. The summed E-state index contributed by atoms with van der Waals surface area (Å²) in [7, 11) is 0. The van der Waals surface area contributed by atoms with Crippen LogP contribution in [0.25, 0.3) is 98.4 Å². The first-order valence-electron chi connectivity index (χ1n) is 20.3. The Morgan fingerprint density at radius 1 is 0.328 bits per heavy atom. The first-order valence-corrected chi connectivity index (χ1v) is 20.3. The van der Waals surface area contributed by atoms with E-state index in [-0.39, 0.29) is 20.1 Å². The second kappa shape index (κ2) is 17.9. The van der Waals surface area contributed by atoms with Gasteiger partial charge in [-0.3, -0.25) is 0 Å². The van der Waals surface area contributed by atoms with Crippen LogP contribution in [0, 0.1) is 6.07 Å². The van der Waals surface area contributed by atoms with Gasteiger partial charge in [0, 0.05) is 60.3 Å². The minimum absolute atomic E-state index is 0. The molecule has 9 aromatic carbocycles. The van der Waals surface area contributed by atoms with E-state index in [2.05, 4.69) is 209 Å². The van der Waals surface area contributed by atoms with Crippen molar-refractivity contribution in [2.24, 2.45) is 0 Å². The van der Waals surface area contributed by atoms with E-state index in [1.807, 2.05) is 42.6 Å². The second-order valence-corrected chi connectivity index (χ2v) is 15.0. The largest absolute Gasteiger partial charge is 0.304 e. The van der Waals surface area contributed by atoms with Crippen LogP contribution < -0.4 is 9.97 Å². The molecule has 1 radical (unpaired) electrons. The number of nitrogens with one attached hydrogen (secondary N) is 2. The summed E-state index contributed by atoms with van der Waals surface area (Å²) >= 11 is 0. The number of H-pyrrole nitrogens is 2. The predicted molar refractivity (Wildman–Crippen MR) is 250 cm³/mol. The summed E-state index contributed by atoms with van der Waals surface area (Å²) in [4.78, 5) is 11.3. The molecule has 0 aliphatic heterocycles. The fourth-order valence-corrected chi connectivity index (χ4v) is 7.86. The number of benzene rings is 9. The summed E-state index contributed by atoms with van der Waals surface area (Å²) in [5.41, 5.74) is 6.71. The monoisotopic (exact) mass is 959 g/mol. The molecule has 0 unspecified atom stereocenters. The molecule has 3 aromatic heterocycles. The number of nitrogens with zero attached hydrogens (tertiary/aromatic N) is 1. The van der Waals surface area contributed by atoms with E-state index >= 15 is 0 Å². The van der Waals surface area contributed by atoms with Crippen molar-refractivity contribution < 1.29 is 30.1 Å². The Hall–Kier alpha value is -7.36. The van der Waals surface area contributed by atoms with Gasteiger partial charge in [0.15, 0.2) is 12.4 Å². The zero-order valence-electron chi connectivity index (χ0n) is 33.2. The topological polar surface area (TPSA) is 41.2 Å². The van der Waals surface area contributed by atoms with E-state index in [9.17, 15) is 0 Å². The molecular formula is C57H40IrN3+. The Bertz CT molecular complexity index is 3060. The van der Waals surface area contributed by atoms with Crippen LogP contribution in [0.4, 0.5) is 0 Å². The Labute approximate surface area is 368 Å². The molecule has 0 saturated carbocycles. The van der Waals surface area contributed by atoms with Gasteiger partial charge in [0.2, 0.25) is 11.4 Å². The summed E-state index contributed by atoms with van der Waals surface area (Å²) in [5, 5.41) is 15.0. The molecule has 12 rings (SSSR count). The number of aromatic amines is 2. The van der Waals surface area contributed by atoms with Gasteiger partial charge in [0.05, 0.1) is 0 Å². The van der Waals surface area contributed by atoms with Crippen molar-refractivity contribution in [3.05, 3.63) is 237 Å². The summed E-state index contributed by atoms with van der Waals surface area (Å²) in [6, 6.07) is 77.3. The normalized spacial score (nSPS) is 10.8. The molecule has 0 bridgehead atoms. The van der Waals surface area contributed by atoms with E-state index in [4.69, 9.17) is 0 Å². The molecule has 4 heteroatoms. The Morgan fingerprint density at radius 2 is 0.705 bits per heavy atom. The number of rotatable bonds is 3. The van der Waals surface area contributed by atoms with Crippen molar-refractivity contribution in [2.75, 3.05) is 0 Å². The van der Waals surface area contributed by atoms with Gasteiger partial charge in [-0.25, -0.2) is 9.97 Å². The van der Waals surface area contributed by atoms with E-state index in [1.54, 1.807) is 0 Å². The summed E-state index contributed by atoms with van der Waals surface area (Å²) in [6.45, 7) is 0. The number of fused-ring (bicyclic) bond motifs is 6. The third kappa shape index (κ3) is 8.69. The van der Waals surface area contributed by atoms with Crippen molar-refractivity contribution in [2.45, 2.75) is 0 Å². The molecule has 0 fully saturated rings. The van der Waals surface area contributed by atoms with Crippen LogP contribution in [0.2, 0.25) is 0 Å². The molecule has 12 aromatic rings. The quantitative estimate of drug-likeness (QED) is 0.128. The van der Waals surface area contributed by atoms with Crippen LogP contribution >= 0.6 is 0 Å². The van der Waals surface area contributed by atoms with Gasteiger partial charge < -0.3 is 4.98 Å². The van der Waals surface area contributed by atoms with Gasteiger partial charge in [-0.05, 0) is 120 Å². The van der Waals surface area contributed by atoms with Gasteiger partial charge >= 0.3 is 0 Å². The van der Waals surface area contributed by atoms with Crippen LogP contribution in [-0.2, 0) is 20.1 Å². The average molecular weight is 959 g/mol. The molecule has 0 atom stereocenters. The number of hydrogen-bond acceptors (Lipinski definition) is 1. The summed E-state index contributed by atoms with van der Waals surface area (Å²) in [6.07, 6.45) is 6.12. The second-order valence-electron chi connectivity index (χ2n) is 15.0. The molecule has 0 aliphatic carbocycles. The smallest absolute Gasteiger partial charge is 0.211 e. The maximum absolute atomic E-state index is 4.55. The van der Waals surface area contributed by atoms with E-state index in [0.29, 0.717) is 0 Å². The number of hydrogen-bond donors (Lipinski definition) is 0. The minimum Gasteiger partial charge on any atom is -0.304 e. The Balaban J connectivity index is 0.000000116.